The highest BCUT2D eigenvalue weighted by Gasteiger charge is 2.40. The van der Waals surface area contributed by atoms with E-state index in [1.54, 1.807) is 0 Å². The van der Waals surface area contributed by atoms with Crippen LogP contribution < -0.4 is 0 Å². The summed E-state index contributed by atoms with van der Waals surface area (Å²) in [6.45, 7) is 4.50. The highest BCUT2D eigenvalue weighted by atomic mass is 16.3. The predicted octanol–water partition coefficient (Wildman–Crippen LogP) is 2.14. The fourth-order valence-corrected chi connectivity index (χ4v) is 2.53. The fourth-order valence-electron chi connectivity index (χ4n) is 2.53. The molecule has 3 nitrogen and oxygen atoms in total. The normalized spacial score (nSPS) is 19.8. The van der Waals surface area contributed by atoms with Gasteiger partial charge in [-0.3, -0.25) is 4.90 Å². The van der Waals surface area contributed by atoms with Gasteiger partial charge in [-0.15, -0.1) is 0 Å². The molecular formula is C15H20N2O. The Kier molecular flexibility index (Phi) is 4.00. The average Bonchev–Trinajstić information content (AvgIpc) is 2.35. The van der Waals surface area contributed by atoms with E-state index in [0.717, 1.165) is 13.0 Å². The van der Waals surface area contributed by atoms with Gasteiger partial charge in [-0.1, -0.05) is 37.3 Å². The number of hydrogen-bond acceptors (Lipinski definition) is 3. The molecule has 18 heavy (non-hydrogen) atoms. The third-order valence-electron chi connectivity index (χ3n) is 3.69. The van der Waals surface area contributed by atoms with Gasteiger partial charge in [0.2, 0.25) is 0 Å². The van der Waals surface area contributed by atoms with Gasteiger partial charge in [0.1, 0.15) is 5.60 Å². The summed E-state index contributed by atoms with van der Waals surface area (Å²) >= 11 is 0. The first-order valence-corrected chi connectivity index (χ1v) is 6.50. The van der Waals surface area contributed by atoms with E-state index in [9.17, 15) is 5.11 Å². The Morgan fingerprint density at radius 3 is 2.67 bits per heavy atom. The van der Waals surface area contributed by atoms with Crippen LogP contribution in [0.5, 0.6) is 0 Å². The number of hydrogen-bond donors (Lipinski definition) is 1. The lowest BCUT2D eigenvalue weighted by molar-refractivity contribution is -0.0940. The van der Waals surface area contributed by atoms with Crippen LogP contribution in [0.2, 0.25) is 0 Å². The molecule has 3 heteroatoms. The summed E-state index contributed by atoms with van der Waals surface area (Å²) in [5.74, 6) is 0.538. The van der Waals surface area contributed by atoms with E-state index in [0.29, 0.717) is 19.0 Å². The SMILES string of the molecule is CC(CCN1CC(O)(CC#N)C1)c1ccccc1. The molecule has 2 rings (SSSR count). The Morgan fingerprint density at radius 2 is 2.06 bits per heavy atom. The van der Waals surface area contributed by atoms with E-state index in [2.05, 4.69) is 36.1 Å². The molecule has 1 aromatic rings. The summed E-state index contributed by atoms with van der Waals surface area (Å²) in [6.07, 6.45) is 1.34. The van der Waals surface area contributed by atoms with Crippen LogP contribution in [-0.2, 0) is 0 Å². The van der Waals surface area contributed by atoms with Crippen LogP contribution in [0.1, 0.15) is 31.2 Å². The van der Waals surface area contributed by atoms with Crippen molar-refractivity contribution in [2.75, 3.05) is 19.6 Å². The standard InChI is InChI=1S/C15H20N2O/c1-13(14-5-3-2-4-6-14)7-10-17-11-15(18,12-17)8-9-16/h2-6,13,18H,7-8,10-12H2,1H3. The van der Waals surface area contributed by atoms with Gasteiger partial charge in [0.25, 0.3) is 0 Å². The molecule has 0 bridgehead atoms. The van der Waals surface area contributed by atoms with Gasteiger partial charge in [-0.25, -0.2) is 0 Å². The van der Waals surface area contributed by atoms with Crippen LogP contribution >= 0.6 is 0 Å². The van der Waals surface area contributed by atoms with Crippen molar-refractivity contribution in [3.63, 3.8) is 0 Å². The van der Waals surface area contributed by atoms with Crippen molar-refractivity contribution in [1.82, 2.24) is 4.90 Å². The molecule has 0 saturated carbocycles. The molecule has 1 N–H and O–H groups in total. The van der Waals surface area contributed by atoms with Gasteiger partial charge in [-0.05, 0) is 24.4 Å². The van der Waals surface area contributed by atoms with E-state index < -0.39 is 5.60 Å². The van der Waals surface area contributed by atoms with Crippen molar-refractivity contribution >= 4 is 0 Å². The van der Waals surface area contributed by atoms with Crippen LogP contribution in [0.15, 0.2) is 30.3 Å². The molecule has 1 aliphatic heterocycles. The molecule has 1 aromatic carbocycles. The summed E-state index contributed by atoms with van der Waals surface area (Å²) in [7, 11) is 0. The van der Waals surface area contributed by atoms with Crippen LogP contribution in [0, 0.1) is 11.3 Å². The molecule has 0 radical (unpaired) electrons. The molecule has 96 valence electrons. The van der Waals surface area contributed by atoms with Gasteiger partial charge in [0.15, 0.2) is 0 Å². The molecule has 1 unspecified atom stereocenters. The molecule has 1 fully saturated rings. The fraction of sp³-hybridized carbons (Fsp3) is 0.533. The lowest BCUT2D eigenvalue weighted by atomic mass is 9.90. The Hall–Kier alpha value is -1.37. The maximum Gasteiger partial charge on any atom is 0.103 e. The number of likely N-dealkylation sites (tertiary alicyclic amines) is 1. The number of benzene rings is 1. The second-order valence-electron chi connectivity index (χ2n) is 5.37. The molecule has 1 aliphatic rings. The smallest absolute Gasteiger partial charge is 0.103 e. The largest absolute Gasteiger partial charge is 0.386 e. The first-order valence-electron chi connectivity index (χ1n) is 6.50. The zero-order chi connectivity index (χ0) is 13.0. The summed E-state index contributed by atoms with van der Waals surface area (Å²) in [4.78, 5) is 2.22. The number of aliphatic hydroxyl groups is 1. The van der Waals surface area contributed by atoms with Crippen LogP contribution in [0.3, 0.4) is 0 Å². The lowest BCUT2D eigenvalue weighted by Crippen LogP contribution is -2.61. The van der Waals surface area contributed by atoms with E-state index in [1.165, 1.54) is 5.56 Å². The van der Waals surface area contributed by atoms with Gasteiger partial charge in [0.05, 0.1) is 12.5 Å². The first kappa shape index (κ1) is 13.1. The van der Waals surface area contributed by atoms with Crippen LogP contribution in [-0.4, -0.2) is 35.2 Å². The molecule has 0 spiro atoms. The van der Waals surface area contributed by atoms with E-state index in [-0.39, 0.29) is 6.42 Å². The van der Waals surface area contributed by atoms with Gasteiger partial charge in [0, 0.05) is 13.1 Å². The minimum atomic E-state index is -0.745. The maximum absolute atomic E-state index is 9.90. The van der Waals surface area contributed by atoms with Crippen molar-refractivity contribution in [2.45, 2.75) is 31.3 Å². The Labute approximate surface area is 109 Å². The molecular weight excluding hydrogens is 224 g/mol. The number of β-amino-alcohol motifs (C(OH)–C–C–N with tert-alkyl or cyclic N) is 1. The second kappa shape index (κ2) is 5.51. The zero-order valence-electron chi connectivity index (χ0n) is 10.8. The first-order chi connectivity index (χ1) is 8.63. The molecule has 1 saturated heterocycles. The van der Waals surface area contributed by atoms with Crippen LogP contribution in [0.25, 0.3) is 0 Å². The molecule has 0 aliphatic carbocycles. The van der Waals surface area contributed by atoms with Crippen molar-refractivity contribution in [3.8, 4) is 6.07 Å². The minimum Gasteiger partial charge on any atom is -0.386 e. The molecule has 1 atom stereocenters. The summed E-state index contributed by atoms with van der Waals surface area (Å²) in [6, 6.07) is 12.5. The lowest BCUT2D eigenvalue weighted by Gasteiger charge is -2.45. The van der Waals surface area contributed by atoms with E-state index in [4.69, 9.17) is 5.26 Å². The summed E-state index contributed by atoms with van der Waals surface area (Å²) in [5.41, 5.74) is 0.621. The van der Waals surface area contributed by atoms with E-state index >= 15 is 0 Å². The third kappa shape index (κ3) is 3.10. The van der Waals surface area contributed by atoms with Crippen molar-refractivity contribution < 1.29 is 5.11 Å². The average molecular weight is 244 g/mol. The molecule has 1 heterocycles. The Morgan fingerprint density at radius 1 is 1.39 bits per heavy atom. The van der Waals surface area contributed by atoms with Crippen LogP contribution in [0.4, 0.5) is 0 Å². The summed E-state index contributed by atoms with van der Waals surface area (Å²) < 4.78 is 0. The van der Waals surface area contributed by atoms with Gasteiger partial charge in [-0.2, -0.15) is 5.26 Å². The highest BCUT2D eigenvalue weighted by molar-refractivity contribution is 5.18. The van der Waals surface area contributed by atoms with Crippen molar-refractivity contribution in [1.29, 1.82) is 5.26 Å². The van der Waals surface area contributed by atoms with E-state index in [1.807, 2.05) is 12.1 Å². The zero-order valence-corrected chi connectivity index (χ0v) is 10.8. The van der Waals surface area contributed by atoms with Gasteiger partial charge >= 0.3 is 0 Å². The van der Waals surface area contributed by atoms with Gasteiger partial charge < -0.3 is 5.11 Å². The second-order valence-corrected chi connectivity index (χ2v) is 5.37. The van der Waals surface area contributed by atoms with Crippen molar-refractivity contribution in [3.05, 3.63) is 35.9 Å². The minimum absolute atomic E-state index is 0.248. The number of nitriles is 1. The van der Waals surface area contributed by atoms with Crippen molar-refractivity contribution in [2.24, 2.45) is 0 Å². The maximum atomic E-state index is 9.90. The molecule has 0 amide bonds. The predicted molar refractivity (Wildman–Crippen MR) is 71.1 cm³/mol. The topological polar surface area (TPSA) is 47.3 Å². The Balaban J connectivity index is 1.73. The highest BCUT2D eigenvalue weighted by Crippen LogP contribution is 2.26. The third-order valence-corrected chi connectivity index (χ3v) is 3.69. The summed E-state index contributed by atoms with van der Waals surface area (Å²) in [5, 5.41) is 18.5. The monoisotopic (exact) mass is 244 g/mol. The number of rotatable bonds is 5. The quantitative estimate of drug-likeness (QED) is 0.863. The Bertz CT molecular complexity index is 418. The number of nitrogens with zero attached hydrogens (tertiary/aromatic N) is 2. The molecule has 0 aromatic heterocycles.